The molecule has 0 aromatic heterocycles. The van der Waals surface area contributed by atoms with E-state index >= 15 is 0 Å². The molecule has 1 unspecified atom stereocenters. The molecular formula is C6H11N4+. The molecule has 4 heteroatoms. The Labute approximate surface area is 59.6 Å². The Balaban J connectivity index is 2.41. The number of quaternary nitrogens is 1. The highest BCUT2D eigenvalue weighted by Crippen LogP contribution is 2.22. The van der Waals surface area contributed by atoms with E-state index in [0.717, 1.165) is 31.1 Å². The SMILES string of the molecule is CC1=N[N+]2(N)CCCC2=N1. The van der Waals surface area contributed by atoms with E-state index in [1.54, 1.807) is 0 Å². The molecule has 0 aromatic rings. The number of nitrogens with zero attached hydrogens (tertiary/aromatic N) is 3. The molecule has 0 amide bonds. The van der Waals surface area contributed by atoms with Gasteiger partial charge in [0.1, 0.15) is 6.54 Å². The number of hydrogen-bond donors (Lipinski definition) is 1. The highest BCUT2D eigenvalue weighted by molar-refractivity contribution is 5.96. The number of aliphatic imine (C=N–C) groups is 1. The molecule has 2 heterocycles. The molecule has 4 nitrogen and oxygen atoms in total. The zero-order valence-corrected chi connectivity index (χ0v) is 6.04. The molecule has 0 bridgehead atoms. The molecular weight excluding hydrogens is 128 g/mol. The zero-order chi connectivity index (χ0) is 7.19. The van der Waals surface area contributed by atoms with Crippen LogP contribution in [0.3, 0.4) is 0 Å². The van der Waals surface area contributed by atoms with E-state index in [1.807, 2.05) is 6.92 Å². The zero-order valence-electron chi connectivity index (χ0n) is 6.04. The predicted octanol–water partition coefficient (Wildman–Crippen LogP) is 0.216. The third kappa shape index (κ3) is 0.629. The molecule has 0 spiro atoms. The monoisotopic (exact) mass is 139 g/mol. The summed E-state index contributed by atoms with van der Waals surface area (Å²) < 4.78 is 0.242. The first-order chi connectivity index (χ1) is 4.71. The lowest BCUT2D eigenvalue weighted by Crippen LogP contribution is -2.48. The van der Waals surface area contributed by atoms with Crippen molar-refractivity contribution < 1.29 is 4.70 Å². The van der Waals surface area contributed by atoms with Gasteiger partial charge in [-0.15, -0.1) is 5.84 Å². The lowest BCUT2D eigenvalue weighted by molar-refractivity contribution is -0.851. The van der Waals surface area contributed by atoms with Crippen molar-refractivity contribution in [1.82, 2.24) is 0 Å². The quantitative estimate of drug-likeness (QED) is 0.378. The van der Waals surface area contributed by atoms with Gasteiger partial charge in [0, 0.05) is 13.3 Å². The highest BCUT2D eigenvalue weighted by Gasteiger charge is 2.41. The van der Waals surface area contributed by atoms with Crippen LogP contribution in [0.15, 0.2) is 10.1 Å². The van der Waals surface area contributed by atoms with Crippen LogP contribution in [0.2, 0.25) is 0 Å². The first-order valence-electron chi connectivity index (χ1n) is 3.52. The molecule has 2 rings (SSSR count). The van der Waals surface area contributed by atoms with Gasteiger partial charge in [0.25, 0.3) is 5.84 Å². The van der Waals surface area contributed by atoms with Crippen LogP contribution in [0.4, 0.5) is 0 Å². The number of rotatable bonds is 0. The summed E-state index contributed by atoms with van der Waals surface area (Å²) in [4.78, 5) is 4.24. The van der Waals surface area contributed by atoms with Gasteiger partial charge in [0.15, 0.2) is 5.84 Å². The summed E-state index contributed by atoms with van der Waals surface area (Å²) in [7, 11) is 0. The van der Waals surface area contributed by atoms with Gasteiger partial charge in [-0.1, -0.05) is 4.70 Å². The molecule has 2 aliphatic heterocycles. The van der Waals surface area contributed by atoms with Crippen LogP contribution in [0.25, 0.3) is 0 Å². The van der Waals surface area contributed by atoms with Crippen LogP contribution >= 0.6 is 0 Å². The minimum atomic E-state index is 0.242. The second kappa shape index (κ2) is 1.65. The summed E-state index contributed by atoms with van der Waals surface area (Å²) >= 11 is 0. The third-order valence-corrected chi connectivity index (χ3v) is 1.96. The van der Waals surface area contributed by atoms with Crippen molar-refractivity contribution in [2.24, 2.45) is 15.9 Å². The van der Waals surface area contributed by atoms with Crippen molar-refractivity contribution in [2.75, 3.05) is 6.54 Å². The summed E-state index contributed by atoms with van der Waals surface area (Å²) in [6, 6.07) is 0. The Hall–Kier alpha value is -0.740. The molecule has 0 saturated carbocycles. The van der Waals surface area contributed by atoms with Crippen molar-refractivity contribution in [1.29, 1.82) is 0 Å². The van der Waals surface area contributed by atoms with Gasteiger partial charge in [0.05, 0.1) is 6.42 Å². The highest BCUT2D eigenvalue weighted by atomic mass is 15.8. The lowest BCUT2D eigenvalue weighted by atomic mass is 10.4. The standard InChI is InChI=1S/C6H11N4/c1-5-8-6-3-2-4-10(6,7)9-5/h2-4,7H2,1H3/q+1. The van der Waals surface area contributed by atoms with Crippen LogP contribution in [-0.4, -0.2) is 22.9 Å². The smallest absolute Gasteiger partial charge is 0.176 e. The minimum Gasteiger partial charge on any atom is -0.176 e. The van der Waals surface area contributed by atoms with Gasteiger partial charge in [-0.05, 0) is 5.10 Å². The van der Waals surface area contributed by atoms with Crippen LogP contribution in [-0.2, 0) is 0 Å². The average molecular weight is 139 g/mol. The maximum atomic E-state index is 5.87. The topological polar surface area (TPSA) is 50.7 Å². The van der Waals surface area contributed by atoms with Crippen molar-refractivity contribution in [2.45, 2.75) is 19.8 Å². The Morgan fingerprint density at radius 1 is 1.60 bits per heavy atom. The average Bonchev–Trinajstić information content (AvgIpc) is 2.20. The van der Waals surface area contributed by atoms with Crippen molar-refractivity contribution in [3.63, 3.8) is 0 Å². The second-order valence-electron chi connectivity index (χ2n) is 2.83. The first kappa shape index (κ1) is 6.00. The number of nitrogens with two attached hydrogens (primary N) is 1. The molecule has 54 valence electrons. The fourth-order valence-electron chi connectivity index (χ4n) is 1.52. The van der Waals surface area contributed by atoms with Crippen LogP contribution < -0.4 is 5.84 Å². The van der Waals surface area contributed by atoms with Crippen molar-refractivity contribution in [3.8, 4) is 0 Å². The second-order valence-corrected chi connectivity index (χ2v) is 2.83. The van der Waals surface area contributed by atoms with E-state index in [2.05, 4.69) is 10.1 Å². The van der Waals surface area contributed by atoms with E-state index in [1.165, 1.54) is 0 Å². The first-order valence-corrected chi connectivity index (χ1v) is 3.52. The molecule has 2 N–H and O–H groups in total. The van der Waals surface area contributed by atoms with E-state index in [4.69, 9.17) is 5.84 Å². The Kier molecular flexibility index (Phi) is 0.988. The van der Waals surface area contributed by atoms with E-state index in [-0.39, 0.29) is 4.70 Å². The molecule has 1 fully saturated rings. The van der Waals surface area contributed by atoms with Crippen molar-refractivity contribution in [3.05, 3.63) is 0 Å². The third-order valence-electron chi connectivity index (χ3n) is 1.96. The molecule has 1 saturated heterocycles. The summed E-state index contributed by atoms with van der Waals surface area (Å²) in [5, 5.41) is 4.21. The lowest BCUT2D eigenvalue weighted by Gasteiger charge is -2.14. The largest absolute Gasteiger partial charge is 0.251 e. The van der Waals surface area contributed by atoms with E-state index in [0.29, 0.717) is 0 Å². The Bertz CT molecular complexity index is 230. The molecule has 10 heavy (non-hydrogen) atoms. The van der Waals surface area contributed by atoms with Crippen LogP contribution in [0, 0.1) is 0 Å². The van der Waals surface area contributed by atoms with Crippen LogP contribution in [0.5, 0.6) is 0 Å². The van der Waals surface area contributed by atoms with Gasteiger partial charge in [-0.25, -0.2) is 0 Å². The summed E-state index contributed by atoms with van der Waals surface area (Å²) in [5.41, 5.74) is 0. The van der Waals surface area contributed by atoms with E-state index in [9.17, 15) is 0 Å². The molecule has 0 radical (unpaired) electrons. The maximum Gasteiger partial charge on any atom is 0.251 e. The number of hydrogen-bond acceptors (Lipinski definition) is 3. The molecule has 1 atom stereocenters. The molecule has 2 aliphatic rings. The Morgan fingerprint density at radius 2 is 2.40 bits per heavy atom. The van der Waals surface area contributed by atoms with E-state index < -0.39 is 0 Å². The van der Waals surface area contributed by atoms with Crippen molar-refractivity contribution >= 4 is 11.7 Å². The molecule has 0 aromatic carbocycles. The maximum absolute atomic E-state index is 5.87. The number of fused-ring (bicyclic) bond motifs is 1. The number of amidine groups is 2. The molecule has 0 aliphatic carbocycles. The van der Waals surface area contributed by atoms with Gasteiger partial charge in [-0.2, -0.15) is 4.99 Å². The van der Waals surface area contributed by atoms with Gasteiger partial charge >= 0.3 is 0 Å². The van der Waals surface area contributed by atoms with Gasteiger partial charge in [0.2, 0.25) is 0 Å². The fraction of sp³-hybridized carbons (Fsp3) is 0.667. The normalized spacial score (nSPS) is 37.4. The Morgan fingerprint density at radius 3 is 3.10 bits per heavy atom. The summed E-state index contributed by atoms with van der Waals surface area (Å²) in [6.45, 7) is 2.80. The van der Waals surface area contributed by atoms with Crippen LogP contribution in [0.1, 0.15) is 19.8 Å². The summed E-state index contributed by atoms with van der Waals surface area (Å²) in [6.07, 6.45) is 2.13. The van der Waals surface area contributed by atoms with Gasteiger partial charge in [-0.3, -0.25) is 0 Å². The fourth-order valence-corrected chi connectivity index (χ4v) is 1.52. The minimum absolute atomic E-state index is 0.242. The summed E-state index contributed by atoms with van der Waals surface area (Å²) in [5.74, 6) is 7.72. The predicted molar refractivity (Wildman–Crippen MR) is 39.1 cm³/mol. The van der Waals surface area contributed by atoms with Gasteiger partial charge < -0.3 is 0 Å².